The summed E-state index contributed by atoms with van der Waals surface area (Å²) in [6.45, 7) is 4.28. The van der Waals surface area contributed by atoms with E-state index in [-0.39, 0.29) is 11.3 Å². The van der Waals surface area contributed by atoms with Crippen LogP contribution < -0.4 is 20.1 Å². The summed E-state index contributed by atoms with van der Waals surface area (Å²) < 4.78 is 24.5. The maximum Gasteiger partial charge on any atom is 0.274 e. The molecule has 0 bridgehead atoms. The largest absolute Gasteiger partial charge is 0.492 e. The molecule has 2 N–H and O–H groups in total. The third-order valence-corrected chi connectivity index (χ3v) is 4.18. The van der Waals surface area contributed by atoms with E-state index in [4.69, 9.17) is 9.47 Å². The molecule has 3 rings (SSSR count). The number of benzene rings is 2. The lowest BCUT2D eigenvalue weighted by molar-refractivity contribution is 0.101. The number of hydrogen-bond acceptors (Lipinski definition) is 5. The van der Waals surface area contributed by atoms with Gasteiger partial charge in [0.25, 0.3) is 11.8 Å². The van der Waals surface area contributed by atoms with Gasteiger partial charge in [-0.2, -0.15) is 0 Å². The molecule has 2 amide bonds. The molecule has 0 atom stereocenters. The predicted octanol–water partition coefficient (Wildman–Crippen LogP) is 4.52. The number of nitrogens with zero attached hydrogens (tertiary/aromatic N) is 1. The molecule has 0 radical (unpaired) electrons. The van der Waals surface area contributed by atoms with E-state index in [1.807, 2.05) is 0 Å². The van der Waals surface area contributed by atoms with Gasteiger partial charge in [0.15, 0.2) is 0 Å². The third kappa shape index (κ3) is 5.57. The Morgan fingerprint density at radius 3 is 1.97 bits per heavy atom. The average molecular weight is 423 g/mol. The van der Waals surface area contributed by atoms with Gasteiger partial charge in [-0.3, -0.25) is 14.6 Å². The van der Waals surface area contributed by atoms with Crippen LogP contribution in [0.4, 0.5) is 15.8 Å². The van der Waals surface area contributed by atoms with Crippen molar-refractivity contribution in [1.82, 2.24) is 4.98 Å². The fraction of sp³-hybridized carbons (Fsp3) is 0.174. The Morgan fingerprint density at radius 2 is 1.45 bits per heavy atom. The SMILES string of the molecule is CCOc1cc(NC(=O)c2ccccn2)c(OCC)cc1NC(=O)c1ccc(F)cc1. The maximum atomic E-state index is 13.1. The highest BCUT2D eigenvalue weighted by atomic mass is 19.1. The fourth-order valence-electron chi connectivity index (χ4n) is 2.78. The van der Waals surface area contributed by atoms with Crippen LogP contribution >= 0.6 is 0 Å². The molecule has 8 heteroatoms. The Morgan fingerprint density at radius 1 is 0.871 bits per heavy atom. The molecule has 3 aromatic rings. The molecule has 0 aliphatic rings. The molecule has 31 heavy (non-hydrogen) atoms. The zero-order valence-corrected chi connectivity index (χ0v) is 17.1. The van der Waals surface area contributed by atoms with Crippen LogP contribution in [0.5, 0.6) is 11.5 Å². The van der Waals surface area contributed by atoms with E-state index in [1.54, 1.807) is 44.2 Å². The summed E-state index contributed by atoms with van der Waals surface area (Å²) in [7, 11) is 0. The van der Waals surface area contributed by atoms with E-state index in [1.165, 1.54) is 30.5 Å². The van der Waals surface area contributed by atoms with Crippen molar-refractivity contribution >= 4 is 23.2 Å². The van der Waals surface area contributed by atoms with E-state index >= 15 is 0 Å². The van der Waals surface area contributed by atoms with Crippen molar-refractivity contribution in [3.05, 3.63) is 77.9 Å². The molecule has 0 unspecified atom stereocenters. The van der Waals surface area contributed by atoms with Crippen molar-refractivity contribution in [3.8, 4) is 11.5 Å². The van der Waals surface area contributed by atoms with Gasteiger partial charge in [-0.05, 0) is 50.2 Å². The fourth-order valence-corrected chi connectivity index (χ4v) is 2.78. The summed E-state index contributed by atoms with van der Waals surface area (Å²) in [6, 6.07) is 13.4. The van der Waals surface area contributed by atoms with Crippen LogP contribution in [0.1, 0.15) is 34.7 Å². The summed E-state index contributed by atoms with van der Waals surface area (Å²) >= 11 is 0. The average Bonchev–Trinajstić information content (AvgIpc) is 2.77. The summed E-state index contributed by atoms with van der Waals surface area (Å²) in [6.07, 6.45) is 1.53. The van der Waals surface area contributed by atoms with Crippen LogP contribution in [-0.4, -0.2) is 30.0 Å². The number of anilines is 2. The Balaban J connectivity index is 1.92. The standard InChI is InChI=1S/C23H22FN3O4/c1-3-30-20-14-19(27-23(29)17-7-5-6-12-25-17)21(31-4-2)13-18(20)26-22(28)15-8-10-16(24)11-9-15/h5-14H,3-4H2,1-2H3,(H,26,28)(H,27,29). The minimum atomic E-state index is -0.436. The van der Waals surface area contributed by atoms with Crippen molar-refractivity contribution in [2.75, 3.05) is 23.8 Å². The van der Waals surface area contributed by atoms with Crippen molar-refractivity contribution < 1.29 is 23.5 Å². The van der Waals surface area contributed by atoms with Gasteiger partial charge in [0.05, 0.1) is 24.6 Å². The number of ether oxygens (including phenoxy) is 2. The smallest absolute Gasteiger partial charge is 0.274 e. The third-order valence-electron chi connectivity index (χ3n) is 4.18. The lowest BCUT2D eigenvalue weighted by atomic mass is 10.2. The first-order valence-corrected chi connectivity index (χ1v) is 9.74. The molecule has 0 aliphatic heterocycles. The van der Waals surface area contributed by atoms with E-state index in [9.17, 15) is 14.0 Å². The molecule has 0 saturated carbocycles. The quantitative estimate of drug-likeness (QED) is 0.556. The zero-order chi connectivity index (χ0) is 22.2. The molecular weight excluding hydrogens is 401 g/mol. The van der Waals surface area contributed by atoms with Crippen LogP contribution in [0.15, 0.2) is 60.8 Å². The van der Waals surface area contributed by atoms with E-state index in [2.05, 4.69) is 15.6 Å². The summed E-state index contributed by atoms with van der Waals surface area (Å²) in [5.41, 5.74) is 1.27. The summed E-state index contributed by atoms with van der Waals surface area (Å²) in [4.78, 5) is 29.2. The second kappa shape index (κ2) is 10.2. The predicted molar refractivity (Wildman–Crippen MR) is 115 cm³/mol. The molecule has 160 valence electrons. The Hall–Kier alpha value is -3.94. The number of nitrogens with one attached hydrogen (secondary N) is 2. The first kappa shape index (κ1) is 21.8. The first-order chi connectivity index (χ1) is 15.0. The van der Waals surface area contributed by atoms with E-state index in [0.29, 0.717) is 36.1 Å². The minimum Gasteiger partial charge on any atom is -0.492 e. The number of pyridine rings is 1. The number of rotatable bonds is 8. The van der Waals surface area contributed by atoms with Gasteiger partial charge in [-0.15, -0.1) is 0 Å². The maximum absolute atomic E-state index is 13.1. The highest BCUT2D eigenvalue weighted by Gasteiger charge is 2.18. The lowest BCUT2D eigenvalue weighted by Crippen LogP contribution is -2.16. The Labute approximate surface area is 179 Å². The van der Waals surface area contributed by atoms with E-state index in [0.717, 1.165) is 0 Å². The molecule has 0 saturated heterocycles. The van der Waals surface area contributed by atoms with Gasteiger partial charge in [-0.25, -0.2) is 4.39 Å². The zero-order valence-electron chi connectivity index (χ0n) is 17.1. The normalized spacial score (nSPS) is 10.3. The van der Waals surface area contributed by atoms with Gasteiger partial charge < -0.3 is 20.1 Å². The Bertz CT molecular complexity index is 1060. The van der Waals surface area contributed by atoms with Crippen LogP contribution in [-0.2, 0) is 0 Å². The topological polar surface area (TPSA) is 89.6 Å². The molecule has 0 aliphatic carbocycles. The summed E-state index contributed by atoms with van der Waals surface area (Å²) in [5, 5.41) is 5.52. The Kier molecular flexibility index (Phi) is 7.16. The molecule has 0 spiro atoms. The number of carbonyl (C=O) groups is 2. The van der Waals surface area contributed by atoms with Crippen molar-refractivity contribution in [1.29, 1.82) is 0 Å². The number of hydrogen-bond donors (Lipinski definition) is 2. The molecule has 2 aromatic carbocycles. The first-order valence-electron chi connectivity index (χ1n) is 9.74. The second-order valence-electron chi connectivity index (χ2n) is 6.34. The van der Waals surface area contributed by atoms with Gasteiger partial charge >= 0.3 is 0 Å². The molecular formula is C23H22FN3O4. The molecule has 1 aromatic heterocycles. The highest BCUT2D eigenvalue weighted by Crippen LogP contribution is 2.37. The van der Waals surface area contributed by atoms with Crippen molar-refractivity contribution in [2.24, 2.45) is 0 Å². The van der Waals surface area contributed by atoms with Gasteiger partial charge in [0, 0.05) is 23.9 Å². The van der Waals surface area contributed by atoms with Crippen LogP contribution in [0.2, 0.25) is 0 Å². The lowest BCUT2D eigenvalue weighted by Gasteiger charge is -2.17. The number of halogens is 1. The second-order valence-corrected chi connectivity index (χ2v) is 6.34. The number of amides is 2. The molecule has 7 nitrogen and oxygen atoms in total. The van der Waals surface area contributed by atoms with Crippen molar-refractivity contribution in [3.63, 3.8) is 0 Å². The van der Waals surface area contributed by atoms with Gasteiger partial charge in [0.2, 0.25) is 0 Å². The molecule has 0 fully saturated rings. The van der Waals surface area contributed by atoms with Gasteiger partial charge in [0.1, 0.15) is 23.0 Å². The minimum absolute atomic E-state index is 0.247. The number of carbonyl (C=O) groups excluding carboxylic acids is 2. The van der Waals surface area contributed by atoms with E-state index < -0.39 is 17.6 Å². The number of aromatic nitrogens is 1. The van der Waals surface area contributed by atoms with Crippen molar-refractivity contribution in [2.45, 2.75) is 13.8 Å². The highest BCUT2D eigenvalue weighted by molar-refractivity contribution is 6.07. The summed E-state index contributed by atoms with van der Waals surface area (Å²) in [5.74, 6) is -0.582. The van der Waals surface area contributed by atoms with Crippen LogP contribution in [0, 0.1) is 5.82 Å². The van der Waals surface area contributed by atoms with Crippen LogP contribution in [0.25, 0.3) is 0 Å². The molecule has 1 heterocycles. The monoisotopic (exact) mass is 423 g/mol. The van der Waals surface area contributed by atoms with Gasteiger partial charge in [-0.1, -0.05) is 6.07 Å². The van der Waals surface area contributed by atoms with Crippen LogP contribution in [0.3, 0.4) is 0 Å².